The van der Waals surface area contributed by atoms with Crippen molar-refractivity contribution in [2.45, 2.75) is 24.9 Å². The van der Waals surface area contributed by atoms with Crippen LogP contribution in [0, 0.1) is 0 Å². The summed E-state index contributed by atoms with van der Waals surface area (Å²) in [5, 5.41) is 6.46. The van der Waals surface area contributed by atoms with Gasteiger partial charge >= 0.3 is 6.18 Å². The van der Waals surface area contributed by atoms with E-state index in [0.29, 0.717) is 11.4 Å². The zero-order valence-electron chi connectivity index (χ0n) is 10.6. The molecule has 0 bridgehead atoms. The number of nitrogens with zero attached hydrogens (tertiary/aromatic N) is 4. The minimum absolute atomic E-state index is 0.117. The van der Waals surface area contributed by atoms with Crippen molar-refractivity contribution in [3.8, 4) is 5.95 Å². The van der Waals surface area contributed by atoms with E-state index < -0.39 is 11.9 Å². The average molecular weight is 283 g/mol. The van der Waals surface area contributed by atoms with Crippen molar-refractivity contribution in [2.75, 3.05) is 12.4 Å². The summed E-state index contributed by atoms with van der Waals surface area (Å²) in [6, 6.07) is 1.09. The molecule has 1 aliphatic carbocycles. The van der Waals surface area contributed by atoms with Crippen LogP contribution in [0.3, 0.4) is 0 Å². The van der Waals surface area contributed by atoms with E-state index in [9.17, 15) is 13.2 Å². The molecule has 0 aliphatic heterocycles. The third-order valence-corrected chi connectivity index (χ3v) is 3.14. The number of alkyl halides is 3. The summed E-state index contributed by atoms with van der Waals surface area (Å²) in [6.07, 6.45) is 0.302. The predicted molar refractivity (Wildman–Crippen MR) is 65.7 cm³/mol. The molecule has 0 unspecified atom stereocenters. The Balaban J connectivity index is 2.04. The molecule has 0 atom stereocenters. The molecule has 20 heavy (non-hydrogen) atoms. The highest BCUT2D eigenvalue weighted by molar-refractivity contribution is 5.38. The van der Waals surface area contributed by atoms with Crippen molar-refractivity contribution in [2.24, 2.45) is 0 Å². The van der Waals surface area contributed by atoms with Gasteiger partial charge in [0.25, 0.3) is 5.95 Å². The summed E-state index contributed by atoms with van der Waals surface area (Å²) < 4.78 is 39.5. The maximum atomic E-state index is 12.8. The Labute approximate surface area is 112 Å². The van der Waals surface area contributed by atoms with Crippen LogP contribution in [0.15, 0.2) is 18.5 Å². The molecule has 0 spiro atoms. The number of nitrogens with one attached hydrogen (secondary N) is 1. The SMILES string of the molecule is CNc1cnc(-n2nc(C(F)(F)F)cc2C2CC2)nc1. The topological polar surface area (TPSA) is 55.6 Å². The first-order valence-corrected chi connectivity index (χ1v) is 6.16. The van der Waals surface area contributed by atoms with Crippen LogP contribution in [0.4, 0.5) is 18.9 Å². The first-order chi connectivity index (χ1) is 9.49. The second-order valence-electron chi connectivity index (χ2n) is 4.66. The predicted octanol–water partition coefficient (Wildman–Crippen LogP) is 2.60. The van der Waals surface area contributed by atoms with Gasteiger partial charge in [0.05, 0.1) is 23.8 Å². The van der Waals surface area contributed by atoms with E-state index in [-0.39, 0.29) is 11.9 Å². The number of hydrogen-bond acceptors (Lipinski definition) is 4. The summed E-state index contributed by atoms with van der Waals surface area (Å²) in [4.78, 5) is 8.09. The maximum Gasteiger partial charge on any atom is 0.435 e. The molecule has 0 radical (unpaired) electrons. The van der Waals surface area contributed by atoms with Crippen molar-refractivity contribution in [3.63, 3.8) is 0 Å². The normalized spacial score (nSPS) is 15.4. The monoisotopic (exact) mass is 283 g/mol. The molecular formula is C12H12F3N5. The van der Waals surface area contributed by atoms with Gasteiger partial charge in [0, 0.05) is 13.0 Å². The first-order valence-electron chi connectivity index (χ1n) is 6.16. The van der Waals surface area contributed by atoms with Crippen LogP contribution >= 0.6 is 0 Å². The maximum absolute atomic E-state index is 12.8. The van der Waals surface area contributed by atoms with E-state index >= 15 is 0 Å². The minimum atomic E-state index is -4.46. The highest BCUT2D eigenvalue weighted by Crippen LogP contribution is 2.42. The van der Waals surface area contributed by atoms with Gasteiger partial charge in [0.2, 0.25) is 0 Å². The molecule has 5 nitrogen and oxygen atoms in total. The van der Waals surface area contributed by atoms with Crippen molar-refractivity contribution in [1.29, 1.82) is 0 Å². The minimum Gasteiger partial charge on any atom is -0.386 e. The van der Waals surface area contributed by atoms with E-state index in [1.165, 1.54) is 17.1 Å². The average Bonchev–Trinajstić information content (AvgIpc) is 3.16. The van der Waals surface area contributed by atoms with Crippen molar-refractivity contribution in [1.82, 2.24) is 19.7 Å². The highest BCUT2D eigenvalue weighted by Gasteiger charge is 2.38. The Hall–Kier alpha value is -2.12. The number of halogens is 3. The lowest BCUT2D eigenvalue weighted by atomic mass is 10.2. The summed E-state index contributed by atoms with van der Waals surface area (Å²) in [7, 11) is 1.71. The first kappa shape index (κ1) is 12.9. The van der Waals surface area contributed by atoms with E-state index in [0.717, 1.165) is 18.9 Å². The number of anilines is 1. The van der Waals surface area contributed by atoms with E-state index in [1.54, 1.807) is 7.05 Å². The van der Waals surface area contributed by atoms with Gasteiger partial charge in [-0.1, -0.05) is 0 Å². The third kappa shape index (κ3) is 2.33. The lowest BCUT2D eigenvalue weighted by molar-refractivity contribution is -0.141. The number of hydrogen-bond donors (Lipinski definition) is 1. The van der Waals surface area contributed by atoms with Crippen LogP contribution in [0.5, 0.6) is 0 Å². The van der Waals surface area contributed by atoms with Gasteiger partial charge in [-0.25, -0.2) is 14.6 Å². The molecule has 1 aliphatic rings. The molecule has 106 valence electrons. The van der Waals surface area contributed by atoms with Gasteiger partial charge < -0.3 is 5.32 Å². The van der Waals surface area contributed by atoms with Gasteiger partial charge in [-0.15, -0.1) is 0 Å². The Morgan fingerprint density at radius 3 is 2.40 bits per heavy atom. The number of rotatable bonds is 3. The molecule has 2 aromatic heterocycles. The van der Waals surface area contributed by atoms with E-state index in [4.69, 9.17) is 0 Å². The van der Waals surface area contributed by atoms with Crippen molar-refractivity contribution >= 4 is 5.69 Å². The van der Waals surface area contributed by atoms with Crippen molar-refractivity contribution in [3.05, 3.63) is 29.8 Å². The lowest BCUT2D eigenvalue weighted by Gasteiger charge is -2.05. The lowest BCUT2D eigenvalue weighted by Crippen LogP contribution is -2.10. The van der Waals surface area contributed by atoms with E-state index in [1.807, 2.05) is 0 Å². The van der Waals surface area contributed by atoms with Crippen LogP contribution in [0.25, 0.3) is 5.95 Å². The fraction of sp³-hybridized carbons (Fsp3) is 0.417. The quantitative estimate of drug-likeness (QED) is 0.940. The van der Waals surface area contributed by atoms with Gasteiger partial charge in [0.1, 0.15) is 0 Å². The molecule has 0 aromatic carbocycles. The van der Waals surface area contributed by atoms with Crippen LogP contribution < -0.4 is 5.32 Å². The zero-order valence-corrected chi connectivity index (χ0v) is 10.6. The Kier molecular flexibility index (Phi) is 2.88. The highest BCUT2D eigenvalue weighted by atomic mass is 19.4. The molecule has 2 aromatic rings. The van der Waals surface area contributed by atoms with Crippen LogP contribution in [-0.2, 0) is 6.18 Å². The summed E-state index contributed by atoms with van der Waals surface area (Å²) in [5.41, 5.74) is 0.306. The Morgan fingerprint density at radius 1 is 1.25 bits per heavy atom. The largest absolute Gasteiger partial charge is 0.435 e. The molecule has 3 rings (SSSR count). The molecule has 8 heteroatoms. The smallest absolute Gasteiger partial charge is 0.386 e. The summed E-state index contributed by atoms with van der Waals surface area (Å²) in [6.45, 7) is 0. The van der Waals surface area contributed by atoms with E-state index in [2.05, 4.69) is 20.4 Å². The molecule has 1 saturated carbocycles. The molecule has 1 fully saturated rings. The zero-order chi connectivity index (χ0) is 14.3. The number of aromatic nitrogens is 4. The van der Waals surface area contributed by atoms with Gasteiger partial charge in [0.15, 0.2) is 5.69 Å². The second kappa shape index (κ2) is 4.46. The van der Waals surface area contributed by atoms with Crippen molar-refractivity contribution < 1.29 is 13.2 Å². The molecule has 1 N–H and O–H groups in total. The molecular weight excluding hydrogens is 271 g/mol. The van der Waals surface area contributed by atoms with Crippen LogP contribution in [0.2, 0.25) is 0 Å². The van der Waals surface area contributed by atoms with Gasteiger partial charge in [-0.3, -0.25) is 0 Å². The second-order valence-corrected chi connectivity index (χ2v) is 4.66. The third-order valence-electron chi connectivity index (χ3n) is 3.14. The van der Waals surface area contributed by atoms with Crippen LogP contribution in [0.1, 0.15) is 30.1 Å². The summed E-state index contributed by atoms with van der Waals surface area (Å²) >= 11 is 0. The molecule has 0 amide bonds. The summed E-state index contributed by atoms with van der Waals surface area (Å²) in [5.74, 6) is 0.271. The molecule has 0 saturated heterocycles. The fourth-order valence-corrected chi connectivity index (χ4v) is 1.92. The van der Waals surface area contributed by atoms with Gasteiger partial charge in [-0.05, 0) is 18.9 Å². The Morgan fingerprint density at radius 2 is 1.90 bits per heavy atom. The fourth-order valence-electron chi connectivity index (χ4n) is 1.92. The molecule has 2 heterocycles. The van der Waals surface area contributed by atoms with Crippen LogP contribution in [-0.4, -0.2) is 26.8 Å². The standard InChI is InChI=1S/C12H12F3N5/c1-16-8-5-17-11(18-6-8)20-9(7-2-3-7)4-10(19-20)12(13,14)15/h4-7,16H,2-3H2,1H3. The Bertz CT molecular complexity index is 613. The van der Waals surface area contributed by atoms with Gasteiger partial charge in [-0.2, -0.15) is 18.3 Å².